The number of nitrogens with zero attached hydrogens (tertiary/aromatic N) is 1. The fourth-order valence-corrected chi connectivity index (χ4v) is 15.4. The minimum absolute atomic E-state index is 0.151. The molecular weight excluding hydrogens is 311 g/mol. The molecule has 2 amide bonds. The maximum atomic E-state index is 12.3. The Morgan fingerprint density at radius 3 is 1.45 bits per heavy atom. The van der Waals surface area contributed by atoms with Crippen molar-refractivity contribution in [2.75, 3.05) is 0 Å². The second-order valence-electron chi connectivity index (χ2n) is 6.16. The number of hydrogen-bond acceptors (Lipinski definition) is 2. The van der Waals surface area contributed by atoms with Crippen LogP contribution >= 0.6 is 0 Å². The summed E-state index contributed by atoms with van der Waals surface area (Å²) in [6.07, 6.45) is 8.00. The Balaban J connectivity index is 2.98. The first-order valence-electron chi connectivity index (χ1n) is 8.47. The van der Waals surface area contributed by atoms with Crippen molar-refractivity contribution in [2.24, 2.45) is 0 Å². The summed E-state index contributed by atoms with van der Waals surface area (Å²) >= 11 is -2.52. The molecule has 0 aromatic rings. The Kier molecular flexibility index (Phi) is 7.85. The maximum absolute atomic E-state index is 12.3. The van der Waals surface area contributed by atoms with Crippen LogP contribution in [0.15, 0.2) is 0 Å². The molecule has 1 saturated heterocycles. The molecule has 0 aliphatic carbocycles. The molecule has 0 aromatic heterocycles. The quantitative estimate of drug-likeness (QED) is 0.434. The van der Waals surface area contributed by atoms with Crippen LogP contribution in [-0.2, 0) is 9.59 Å². The van der Waals surface area contributed by atoms with E-state index in [0.717, 1.165) is 0 Å². The van der Waals surface area contributed by atoms with Crippen molar-refractivity contribution in [1.29, 1.82) is 0 Å². The van der Waals surface area contributed by atoms with Crippen LogP contribution in [0.3, 0.4) is 0 Å². The van der Waals surface area contributed by atoms with E-state index in [9.17, 15) is 9.59 Å². The first kappa shape index (κ1) is 17.7. The van der Waals surface area contributed by atoms with E-state index in [1.54, 1.807) is 0 Å². The monoisotopic (exact) mass is 343 g/mol. The number of unbranched alkanes of at least 4 members (excludes halogenated alkanes) is 3. The zero-order valence-corrected chi connectivity index (χ0v) is 15.6. The molecule has 116 valence electrons. The van der Waals surface area contributed by atoms with Crippen LogP contribution in [0.1, 0.15) is 72.1 Å². The molecule has 0 spiro atoms. The molecule has 1 heterocycles. The number of amides is 2. The zero-order valence-electron chi connectivity index (χ0n) is 13.5. The van der Waals surface area contributed by atoms with Gasteiger partial charge < -0.3 is 0 Å². The third-order valence-corrected chi connectivity index (χ3v) is 15.6. The van der Waals surface area contributed by atoms with Gasteiger partial charge >= 0.3 is 127 Å². The van der Waals surface area contributed by atoms with E-state index in [4.69, 9.17) is 0 Å². The van der Waals surface area contributed by atoms with Gasteiger partial charge in [0.1, 0.15) is 0 Å². The molecule has 1 aliphatic heterocycles. The van der Waals surface area contributed by atoms with E-state index < -0.39 is 13.5 Å². The minimum atomic E-state index is -2.52. The molecule has 3 nitrogen and oxygen atoms in total. The van der Waals surface area contributed by atoms with Crippen molar-refractivity contribution in [3.8, 4) is 0 Å². The van der Waals surface area contributed by atoms with E-state index in [1.807, 2.05) is 3.86 Å². The average molecular weight is 342 g/mol. The van der Waals surface area contributed by atoms with Crippen LogP contribution in [-0.4, -0.2) is 29.2 Å². The summed E-state index contributed by atoms with van der Waals surface area (Å²) in [6.45, 7) is 6.63. The van der Waals surface area contributed by atoms with Crippen molar-refractivity contribution < 1.29 is 9.59 Å². The molecule has 0 bridgehead atoms. The van der Waals surface area contributed by atoms with Gasteiger partial charge in [0.15, 0.2) is 0 Å². The van der Waals surface area contributed by atoms with Crippen LogP contribution in [0, 0.1) is 0 Å². The Labute approximate surface area is 127 Å². The summed E-state index contributed by atoms with van der Waals surface area (Å²) in [6, 6.07) is 0. The fourth-order valence-electron chi connectivity index (χ4n) is 3.33. The molecule has 0 N–H and O–H groups in total. The topological polar surface area (TPSA) is 37.4 Å². The summed E-state index contributed by atoms with van der Waals surface area (Å²) < 4.78 is 1.86. The standard InChI is InChI=1S/C16H31GeNO2/c1-4-7-12-17(13-8-5-2,14-9-6-3)18-15(19)10-11-16(18)20/h4-14H2,1-3H3. The Morgan fingerprint density at radius 1 is 0.800 bits per heavy atom. The van der Waals surface area contributed by atoms with Gasteiger partial charge in [0.2, 0.25) is 0 Å². The van der Waals surface area contributed by atoms with Crippen molar-refractivity contribution >= 4 is 25.3 Å². The van der Waals surface area contributed by atoms with Crippen molar-refractivity contribution in [3.05, 3.63) is 0 Å². The van der Waals surface area contributed by atoms with Gasteiger partial charge in [0.25, 0.3) is 0 Å². The van der Waals surface area contributed by atoms with E-state index in [2.05, 4.69) is 20.8 Å². The van der Waals surface area contributed by atoms with Gasteiger partial charge in [-0.2, -0.15) is 0 Å². The van der Waals surface area contributed by atoms with Crippen LogP contribution in [0.2, 0.25) is 15.8 Å². The molecule has 1 fully saturated rings. The van der Waals surface area contributed by atoms with Crippen LogP contribution < -0.4 is 0 Å². The molecule has 0 atom stereocenters. The Bertz CT molecular complexity index is 293. The summed E-state index contributed by atoms with van der Waals surface area (Å²) in [5, 5.41) is 3.52. The number of carbonyl (C=O) groups excluding carboxylic acids is 2. The number of imide groups is 1. The van der Waals surface area contributed by atoms with Crippen molar-refractivity contribution in [1.82, 2.24) is 3.86 Å². The molecule has 0 unspecified atom stereocenters. The van der Waals surface area contributed by atoms with Gasteiger partial charge in [0, 0.05) is 0 Å². The van der Waals surface area contributed by atoms with Gasteiger partial charge in [-0.3, -0.25) is 0 Å². The van der Waals surface area contributed by atoms with Gasteiger partial charge in [-0.05, 0) is 0 Å². The summed E-state index contributed by atoms with van der Waals surface area (Å²) in [7, 11) is 0. The van der Waals surface area contributed by atoms with Gasteiger partial charge in [-0.15, -0.1) is 0 Å². The van der Waals surface area contributed by atoms with Gasteiger partial charge in [0.05, 0.1) is 0 Å². The number of hydrogen-bond donors (Lipinski definition) is 0. The molecule has 1 aliphatic rings. The third kappa shape index (κ3) is 4.34. The van der Waals surface area contributed by atoms with E-state index in [1.165, 1.54) is 54.3 Å². The molecular formula is C16H31GeNO2. The van der Waals surface area contributed by atoms with Crippen LogP contribution in [0.5, 0.6) is 0 Å². The number of rotatable bonds is 10. The van der Waals surface area contributed by atoms with E-state index in [0.29, 0.717) is 12.8 Å². The van der Waals surface area contributed by atoms with Gasteiger partial charge in [-0.1, -0.05) is 0 Å². The second kappa shape index (κ2) is 8.86. The molecule has 4 heteroatoms. The summed E-state index contributed by atoms with van der Waals surface area (Å²) in [4.78, 5) is 24.5. The Morgan fingerprint density at radius 2 is 1.15 bits per heavy atom. The SMILES string of the molecule is CCC[CH2][Ge]([CH2]CCC)([CH2]CCC)[N]1C(=O)CCC1=O. The normalized spacial score (nSPS) is 16.2. The molecule has 0 saturated carbocycles. The Hall–Kier alpha value is -0.317. The molecule has 0 radical (unpaired) electrons. The van der Waals surface area contributed by atoms with E-state index in [-0.39, 0.29) is 11.8 Å². The third-order valence-electron chi connectivity index (χ3n) is 4.51. The predicted octanol–water partition coefficient (Wildman–Crippen LogP) is 4.48. The van der Waals surface area contributed by atoms with Gasteiger partial charge in [-0.25, -0.2) is 0 Å². The second-order valence-corrected chi connectivity index (χ2v) is 15.4. The van der Waals surface area contributed by atoms with Crippen molar-refractivity contribution in [3.63, 3.8) is 0 Å². The van der Waals surface area contributed by atoms with Crippen LogP contribution in [0.4, 0.5) is 0 Å². The zero-order chi connectivity index (χ0) is 15.0. The number of carbonyl (C=O) groups is 2. The van der Waals surface area contributed by atoms with Crippen LogP contribution in [0.25, 0.3) is 0 Å². The fraction of sp³-hybridized carbons (Fsp3) is 0.875. The van der Waals surface area contributed by atoms with Crippen molar-refractivity contribution in [2.45, 2.75) is 87.9 Å². The summed E-state index contributed by atoms with van der Waals surface area (Å²) in [5.74, 6) is 0.302. The molecule has 0 aromatic carbocycles. The molecule has 1 rings (SSSR count). The predicted molar refractivity (Wildman–Crippen MR) is 86.0 cm³/mol. The average Bonchev–Trinajstić information content (AvgIpc) is 2.79. The molecule has 20 heavy (non-hydrogen) atoms. The summed E-state index contributed by atoms with van der Waals surface area (Å²) in [5.41, 5.74) is 0. The van der Waals surface area contributed by atoms with E-state index >= 15 is 0 Å². The first-order chi connectivity index (χ1) is 9.61. The first-order valence-corrected chi connectivity index (χ1v) is 13.9.